The van der Waals surface area contributed by atoms with Gasteiger partial charge in [0.25, 0.3) is 0 Å². The molecule has 0 bridgehead atoms. The molecule has 0 heterocycles. The van der Waals surface area contributed by atoms with Crippen molar-refractivity contribution >= 4 is 13.5 Å². The molecule has 4 nitrogen and oxygen atoms in total. The van der Waals surface area contributed by atoms with Crippen LogP contribution in [0.2, 0.25) is 0 Å². The summed E-state index contributed by atoms with van der Waals surface area (Å²) in [6.45, 7) is 20.1. The van der Waals surface area contributed by atoms with Crippen LogP contribution >= 0.6 is 0 Å². The topological polar surface area (TPSA) is 47.9 Å². The molecule has 126 valence electrons. The second-order valence-electron chi connectivity index (χ2n) is 5.78. The largest absolute Gasteiger partial charge is 0.373 e. The van der Waals surface area contributed by atoms with E-state index in [0.29, 0.717) is 6.61 Å². The summed E-state index contributed by atoms with van der Waals surface area (Å²) in [4.78, 5) is 11.2. The number of carbonyl (C=O) groups excluding carboxylic acids is 1. The van der Waals surface area contributed by atoms with E-state index in [4.69, 9.17) is 14.3 Å². The minimum atomic E-state index is -0.0827. The van der Waals surface area contributed by atoms with Crippen molar-refractivity contribution in [3.05, 3.63) is 0 Å². The third-order valence-electron chi connectivity index (χ3n) is 1.31. The van der Waals surface area contributed by atoms with Gasteiger partial charge in [-0.3, -0.25) is 0 Å². The van der Waals surface area contributed by atoms with Gasteiger partial charge in [0.05, 0.1) is 23.9 Å². The van der Waals surface area contributed by atoms with E-state index in [1.807, 2.05) is 13.7 Å². The number of carbonyl (C=O) groups is 1. The Morgan fingerprint density at radius 1 is 1.00 bits per heavy atom. The summed E-state index contributed by atoms with van der Waals surface area (Å²) in [5.74, 6) is 0. The normalized spacial score (nSPS) is 11.2. The molecule has 0 saturated carbocycles. The minimum absolute atomic E-state index is 0. The van der Waals surface area contributed by atoms with Crippen LogP contribution in [0.3, 0.4) is 0 Å². The van der Waals surface area contributed by atoms with Crippen molar-refractivity contribution in [3.63, 3.8) is 0 Å². The van der Waals surface area contributed by atoms with Crippen LogP contribution in [0, 0.1) is 0 Å². The zero-order valence-corrected chi connectivity index (χ0v) is 13.4. The SMILES string of the molecule is C.C.C=NC.C=O.CC(COC(C)(C)C)OC(C)(C)C. The fraction of sp³-hybridized carbons (Fsp3) is 0.875. The number of rotatable bonds is 3. The molecule has 0 aromatic rings. The summed E-state index contributed by atoms with van der Waals surface area (Å²) in [6.07, 6.45) is 0.152. The van der Waals surface area contributed by atoms with Crippen molar-refractivity contribution in [2.45, 2.75) is 80.6 Å². The van der Waals surface area contributed by atoms with Gasteiger partial charge >= 0.3 is 0 Å². The third-order valence-corrected chi connectivity index (χ3v) is 1.31. The Kier molecular flexibility index (Phi) is 25.8. The molecule has 0 saturated heterocycles. The molecule has 20 heavy (non-hydrogen) atoms. The van der Waals surface area contributed by atoms with Crippen molar-refractivity contribution in [1.29, 1.82) is 0 Å². The van der Waals surface area contributed by atoms with Crippen molar-refractivity contribution in [2.24, 2.45) is 4.99 Å². The maximum absolute atomic E-state index is 8.00. The van der Waals surface area contributed by atoms with Gasteiger partial charge in [-0.15, -0.1) is 0 Å². The molecule has 1 atom stereocenters. The zero-order valence-electron chi connectivity index (χ0n) is 13.4. The summed E-state index contributed by atoms with van der Waals surface area (Å²) >= 11 is 0. The molecule has 0 rings (SSSR count). The Hall–Kier alpha value is -0.740. The average Bonchev–Trinajstić information content (AvgIpc) is 2.16. The second kappa shape index (κ2) is 16.3. The molecule has 0 spiro atoms. The number of hydrogen-bond donors (Lipinski definition) is 0. The van der Waals surface area contributed by atoms with Gasteiger partial charge in [-0.2, -0.15) is 0 Å². The van der Waals surface area contributed by atoms with Crippen LogP contribution in [-0.2, 0) is 14.3 Å². The van der Waals surface area contributed by atoms with E-state index in [2.05, 4.69) is 53.3 Å². The Balaban J connectivity index is -0.0000000944. The van der Waals surface area contributed by atoms with Gasteiger partial charge < -0.3 is 19.3 Å². The van der Waals surface area contributed by atoms with Crippen molar-refractivity contribution in [2.75, 3.05) is 13.7 Å². The first-order chi connectivity index (χ1) is 8.02. The quantitative estimate of drug-likeness (QED) is 0.724. The van der Waals surface area contributed by atoms with Crippen LogP contribution in [0.25, 0.3) is 0 Å². The summed E-state index contributed by atoms with van der Waals surface area (Å²) < 4.78 is 11.3. The van der Waals surface area contributed by atoms with Gasteiger partial charge in [-0.05, 0) is 55.2 Å². The number of nitrogens with zero attached hydrogens (tertiary/aromatic N) is 1. The van der Waals surface area contributed by atoms with Gasteiger partial charge in [0.15, 0.2) is 0 Å². The van der Waals surface area contributed by atoms with Gasteiger partial charge in [0.2, 0.25) is 0 Å². The van der Waals surface area contributed by atoms with Crippen molar-refractivity contribution < 1.29 is 14.3 Å². The Morgan fingerprint density at radius 2 is 1.30 bits per heavy atom. The molecule has 0 amide bonds. The monoisotopic (exact) mass is 293 g/mol. The Bertz CT molecular complexity index is 193. The van der Waals surface area contributed by atoms with E-state index in [1.165, 1.54) is 0 Å². The Labute approximate surface area is 128 Å². The lowest BCUT2D eigenvalue weighted by atomic mass is 10.2. The highest BCUT2D eigenvalue weighted by molar-refractivity contribution is 5.22. The summed E-state index contributed by atoms with van der Waals surface area (Å²) in [5, 5.41) is 0. The number of ether oxygens (including phenoxy) is 2. The molecule has 1 unspecified atom stereocenters. The fourth-order valence-electron chi connectivity index (χ4n) is 1.00. The fourth-order valence-corrected chi connectivity index (χ4v) is 1.00. The van der Waals surface area contributed by atoms with Crippen molar-refractivity contribution in [1.82, 2.24) is 0 Å². The molecular formula is C16H39NO3. The van der Waals surface area contributed by atoms with Gasteiger partial charge in [-0.25, -0.2) is 0 Å². The highest BCUT2D eigenvalue weighted by atomic mass is 16.6. The van der Waals surface area contributed by atoms with Crippen LogP contribution < -0.4 is 0 Å². The first-order valence-corrected chi connectivity index (χ1v) is 5.97. The maximum Gasteiger partial charge on any atom is 0.106 e. The van der Waals surface area contributed by atoms with Crippen LogP contribution in [0.5, 0.6) is 0 Å². The first-order valence-electron chi connectivity index (χ1n) is 5.97. The second-order valence-corrected chi connectivity index (χ2v) is 5.78. The first kappa shape index (κ1) is 31.6. The van der Waals surface area contributed by atoms with Crippen LogP contribution in [0.4, 0.5) is 0 Å². The predicted octanol–water partition coefficient (Wildman–Crippen LogP) is 4.41. The van der Waals surface area contributed by atoms with Gasteiger partial charge in [0, 0.05) is 7.05 Å². The van der Waals surface area contributed by atoms with E-state index in [9.17, 15) is 0 Å². The van der Waals surface area contributed by atoms with E-state index < -0.39 is 0 Å². The van der Waals surface area contributed by atoms with Gasteiger partial charge in [0.1, 0.15) is 6.79 Å². The molecule has 0 aromatic carbocycles. The molecule has 0 aromatic heterocycles. The summed E-state index contributed by atoms with van der Waals surface area (Å²) in [6, 6.07) is 0. The Morgan fingerprint density at radius 3 is 1.50 bits per heavy atom. The van der Waals surface area contributed by atoms with E-state index in [1.54, 1.807) is 7.05 Å². The zero-order chi connectivity index (χ0) is 15.4. The lowest BCUT2D eigenvalue weighted by molar-refractivity contribution is -0.112. The lowest BCUT2D eigenvalue weighted by Crippen LogP contribution is -2.31. The number of hydrogen-bond acceptors (Lipinski definition) is 4. The molecule has 0 N–H and O–H groups in total. The van der Waals surface area contributed by atoms with E-state index in [-0.39, 0.29) is 32.2 Å². The molecule has 0 aliphatic rings. The highest BCUT2D eigenvalue weighted by Crippen LogP contribution is 2.13. The lowest BCUT2D eigenvalue weighted by Gasteiger charge is -2.28. The molecule has 0 radical (unpaired) electrons. The smallest absolute Gasteiger partial charge is 0.106 e. The standard InChI is InChI=1S/C11H24O2.C2H5N.CH2O.2CH4/c1-9(13-11(5,6)7)8-12-10(2,3)4;1-3-2;1-2;;/h9H,8H2,1-7H3;1H2,2H3;1H2;2*1H4. The van der Waals surface area contributed by atoms with Crippen LogP contribution in [-0.4, -0.2) is 44.5 Å². The third kappa shape index (κ3) is 43.3. The average molecular weight is 293 g/mol. The minimum Gasteiger partial charge on any atom is -0.373 e. The van der Waals surface area contributed by atoms with E-state index in [0.717, 1.165) is 0 Å². The molecular weight excluding hydrogens is 254 g/mol. The van der Waals surface area contributed by atoms with E-state index >= 15 is 0 Å². The molecule has 4 heteroatoms. The number of aliphatic imine (C=N–C) groups is 1. The van der Waals surface area contributed by atoms with Crippen LogP contribution in [0.15, 0.2) is 4.99 Å². The maximum atomic E-state index is 8.00. The predicted molar refractivity (Wildman–Crippen MR) is 92.1 cm³/mol. The highest BCUT2D eigenvalue weighted by Gasteiger charge is 2.17. The molecule has 0 fully saturated rings. The summed E-state index contributed by atoms with van der Waals surface area (Å²) in [5.41, 5.74) is -0.157. The summed E-state index contributed by atoms with van der Waals surface area (Å²) in [7, 11) is 1.64. The molecule has 0 aliphatic heterocycles. The van der Waals surface area contributed by atoms with Crippen molar-refractivity contribution in [3.8, 4) is 0 Å². The molecule has 0 aliphatic carbocycles. The van der Waals surface area contributed by atoms with Gasteiger partial charge in [-0.1, -0.05) is 14.9 Å². The van der Waals surface area contributed by atoms with Crippen LogP contribution in [0.1, 0.15) is 63.3 Å².